The van der Waals surface area contributed by atoms with Crippen molar-refractivity contribution in [3.05, 3.63) is 16.0 Å². The Hall–Kier alpha value is -0.0551. The summed E-state index contributed by atoms with van der Waals surface area (Å²) in [6.07, 6.45) is 0. The molecule has 0 rings (SSSR count). The molecule has 0 radical (unpaired) electrons. The molecule has 0 heterocycles. The maximum atomic E-state index is 3.50. The Balaban J connectivity index is -0.0000000257. The number of nitrogens with zero attached hydrogens (tertiary/aromatic N) is 3. The summed E-state index contributed by atoms with van der Waals surface area (Å²) in [4.78, 5) is 0. The van der Waals surface area contributed by atoms with E-state index in [2.05, 4.69) is 16.0 Å². The predicted octanol–water partition coefficient (Wildman–Crippen LogP) is 1.48. The minimum absolute atomic E-state index is 0. The van der Waals surface area contributed by atoms with Gasteiger partial charge in [-0.05, 0) is 0 Å². The van der Waals surface area contributed by atoms with E-state index in [9.17, 15) is 0 Å². The first-order chi connectivity index (χ1) is 4.24. The molecule has 0 saturated heterocycles. The zero-order chi connectivity index (χ0) is 8.12. The SMILES string of the molecule is C[N-]C.C[N-]C.C[N-]C.[B+3]. The van der Waals surface area contributed by atoms with Crippen molar-refractivity contribution in [1.82, 2.24) is 0 Å². The van der Waals surface area contributed by atoms with Crippen LogP contribution >= 0.6 is 0 Å². The predicted molar refractivity (Wildman–Crippen MR) is 51.4 cm³/mol. The van der Waals surface area contributed by atoms with Crippen LogP contribution in [0.25, 0.3) is 16.0 Å². The van der Waals surface area contributed by atoms with Crippen molar-refractivity contribution >= 4 is 8.41 Å². The molecule has 0 aliphatic heterocycles. The van der Waals surface area contributed by atoms with Crippen LogP contribution in [0.3, 0.4) is 0 Å². The van der Waals surface area contributed by atoms with Crippen LogP contribution in [0.2, 0.25) is 0 Å². The van der Waals surface area contributed by atoms with Crippen molar-refractivity contribution in [2.24, 2.45) is 0 Å². The molecule has 0 fully saturated rings. The van der Waals surface area contributed by atoms with Crippen LogP contribution in [0.15, 0.2) is 0 Å². The van der Waals surface area contributed by atoms with Crippen LogP contribution in [0.4, 0.5) is 0 Å². The molecular formula is C6H18BN3. The molecule has 0 aromatic rings. The van der Waals surface area contributed by atoms with Gasteiger partial charge in [0.15, 0.2) is 0 Å². The average molecular weight is 143 g/mol. The van der Waals surface area contributed by atoms with Gasteiger partial charge in [0.2, 0.25) is 0 Å². The van der Waals surface area contributed by atoms with Gasteiger partial charge >= 0.3 is 8.41 Å². The smallest absolute Gasteiger partial charge is 0.668 e. The van der Waals surface area contributed by atoms with Crippen molar-refractivity contribution in [3.8, 4) is 0 Å². The molecule has 0 aromatic heterocycles. The second-order valence-electron chi connectivity index (χ2n) is 1.34. The van der Waals surface area contributed by atoms with Gasteiger partial charge in [-0.3, -0.25) is 0 Å². The largest absolute Gasteiger partial charge is 3.00 e. The molecular weight excluding hydrogens is 125 g/mol. The third-order valence-electron chi connectivity index (χ3n) is 0. The first-order valence-corrected chi connectivity index (χ1v) is 2.68. The topological polar surface area (TPSA) is 42.3 Å². The van der Waals surface area contributed by atoms with E-state index in [1.807, 2.05) is 0 Å². The maximum absolute atomic E-state index is 3.50. The molecule has 0 aliphatic carbocycles. The van der Waals surface area contributed by atoms with Gasteiger partial charge in [-0.25, -0.2) is 0 Å². The van der Waals surface area contributed by atoms with Gasteiger partial charge in [0.1, 0.15) is 0 Å². The molecule has 0 aliphatic rings. The van der Waals surface area contributed by atoms with Gasteiger partial charge in [0.25, 0.3) is 0 Å². The molecule has 0 atom stereocenters. The van der Waals surface area contributed by atoms with Gasteiger partial charge in [0.05, 0.1) is 0 Å². The Morgan fingerprint density at radius 1 is 0.500 bits per heavy atom. The van der Waals surface area contributed by atoms with Crippen LogP contribution in [-0.2, 0) is 0 Å². The van der Waals surface area contributed by atoms with E-state index in [1.165, 1.54) is 0 Å². The molecule has 0 unspecified atom stereocenters. The minimum atomic E-state index is 0. The molecule has 0 spiro atoms. The fourth-order valence-electron chi connectivity index (χ4n) is 0. The molecule has 10 heavy (non-hydrogen) atoms. The number of hydrogen-bond donors (Lipinski definition) is 0. The molecule has 4 heteroatoms. The fourth-order valence-corrected chi connectivity index (χ4v) is 0. The first kappa shape index (κ1) is 22.5. The second-order valence-corrected chi connectivity index (χ2v) is 1.34. The molecule has 0 aromatic carbocycles. The van der Waals surface area contributed by atoms with Crippen LogP contribution < -0.4 is 0 Å². The summed E-state index contributed by atoms with van der Waals surface area (Å²) in [6, 6.07) is 0. The first-order valence-electron chi connectivity index (χ1n) is 2.68. The van der Waals surface area contributed by atoms with E-state index in [1.54, 1.807) is 42.3 Å². The number of rotatable bonds is 0. The monoisotopic (exact) mass is 143 g/mol. The van der Waals surface area contributed by atoms with Gasteiger partial charge < -0.3 is 16.0 Å². The summed E-state index contributed by atoms with van der Waals surface area (Å²) < 4.78 is 0. The Kier molecular flexibility index (Phi) is 147. The summed E-state index contributed by atoms with van der Waals surface area (Å²) in [5.74, 6) is 0. The second kappa shape index (κ2) is 65.1. The van der Waals surface area contributed by atoms with Gasteiger partial charge in [-0.15, -0.1) is 0 Å². The molecule has 3 nitrogen and oxygen atoms in total. The van der Waals surface area contributed by atoms with Gasteiger partial charge in [-0.2, -0.15) is 42.3 Å². The van der Waals surface area contributed by atoms with E-state index in [0.29, 0.717) is 0 Å². The Morgan fingerprint density at radius 2 is 0.500 bits per heavy atom. The van der Waals surface area contributed by atoms with Crippen molar-refractivity contribution in [1.29, 1.82) is 0 Å². The summed E-state index contributed by atoms with van der Waals surface area (Å²) in [6.45, 7) is 0. The summed E-state index contributed by atoms with van der Waals surface area (Å²) in [5, 5.41) is 10.5. The van der Waals surface area contributed by atoms with E-state index >= 15 is 0 Å². The zero-order valence-corrected chi connectivity index (χ0v) is 7.92. The van der Waals surface area contributed by atoms with Crippen LogP contribution in [0.1, 0.15) is 0 Å². The Labute approximate surface area is 67.5 Å². The van der Waals surface area contributed by atoms with E-state index < -0.39 is 0 Å². The van der Waals surface area contributed by atoms with E-state index in [0.717, 1.165) is 0 Å². The third-order valence-corrected chi connectivity index (χ3v) is 0. The summed E-state index contributed by atoms with van der Waals surface area (Å²) in [5.41, 5.74) is 0. The average Bonchev–Trinajstić information content (AvgIpc) is 1.70. The van der Waals surface area contributed by atoms with Crippen molar-refractivity contribution in [3.63, 3.8) is 0 Å². The quantitative estimate of drug-likeness (QED) is 0.461. The summed E-state index contributed by atoms with van der Waals surface area (Å²) >= 11 is 0. The molecule has 0 amide bonds. The molecule has 0 N–H and O–H groups in total. The minimum Gasteiger partial charge on any atom is -0.668 e. The summed E-state index contributed by atoms with van der Waals surface area (Å²) in [7, 11) is 10.5. The van der Waals surface area contributed by atoms with E-state index in [-0.39, 0.29) is 8.41 Å². The normalized spacial score (nSPS) is 5.40. The van der Waals surface area contributed by atoms with Crippen LogP contribution in [0, 0.1) is 0 Å². The fraction of sp³-hybridized carbons (Fsp3) is 1.00. The van der Waals surface area contributed by atoms with Crippen molar-refractivity contribution < 1.29 is 0 Å². The Bertz CT molecular complexity index is 17.7. The number of hydrogen-bond acceptors (Lipinski definition) is 0. The molecule has 60 valence electrons. The molecule has 0 saturated carbocycles. The van der Waals surface area contributed by atoms with Gasteiger partial charge in [-0.1, -0.05) is 0 Å². The van der Waals surface area contributed by atoms with Crippen molar-refractivity contribution in [2.45, 2.75) is 0 Å². The Morgan fingerprint density at radius 3 is 0.500 bits per heavy atom. The van der Waals surface area contributed by atoms with E-state index in [4.69, 9.17) is 0 Å². The van der Waals surface area contributed by atoms with Crippen LogP contribution in [0.5, 0.6) is 0 Å². The zero-order valence-electron chi connectivity index (χ0n) is 7.92. The standard InChI is InChI=1S/3C2H6N.B/c3*1-3-2;/h3*1-2H3;/q3*-1;+3. The maximum Gasteiger partial charge on any atom is 3.00 e. The third kappa shape index (κ3) is 126000. The molecule has 0 bridgehead atoms. The van der Waals surface area contributed by atoms with Crippen molar-refractivity contribution in [2.75, 3.05) is 42.3 Å². The van der Waals surface area contributed by atoms with Crippen LogP contribution in [-0.4, -0.2) is 50.7 Å². The van der Waals surface area contributed by atoms with Gasteiger partial charge in [0, 0.05) is 0 Å².